The molecule has 4 rings (SSSR count). The molecule has 0 radical (unpaired) electrons. The average molecular weight is 439 g/mol. The molecule has 3 heterocycles. The fourth-order valence-corrected chi connectivity index (χ4v) is 3.20. The second-order valence-corrected chi connectivity index (χ2v) is 7.04. The Morgan fingerprint density at radius 3 is 2.58 bits per heavy atom. The average Bonchev–Trinajstić information content (AvgIpc) is 3.24. The third-order valence-corrected chi connectivity index (χ3v) is 4.73. The predicted molar refractivity (Wildman–Crippen MR) is 119 cm³/mol. The van der Waals surface area contributed by atoms with Crippen molar-refractivity contribution < 1.29 is 23.8 Å². The van der Waals surface area contributed by atoms with Gasteiger partial charge in [-0.05, 0) is 29.3 Å². The van der Waals surface area contributed by atoms with Gasteiger partial charge in [0, 0.05) is 34.2 Å². The minimum atomic E-state index is 0. The second kappa shape index (κ2) is 10.6. The summed E-state index contributed by atoms with van der Waals surface area (Å²) in [7, 11) is 2.21. The van der Waals surface area contributed by atoms with E-state index in [9.17, 15) is 0 Å². The molecule has 0 saturated heterocycles. The number of nitrogens with zero attached hydrogens (tertiary/aromatic N) is 3. The number of rotatable bonds is 8. The van der Waals surface area contributed by atoms with E-state index in [4.69, 9.17) is 19.5 Å². The van der Waals surface area contributed by atoms with E-state index in [1.54, 1.807) is 10.8 Å². The number of hydrogen-bond acceptors (Lipinski definition) is 6. The number of anilines is 1. The van der Waals surface area contributed by atoms with Gasteiger partial charge in [-0.25, -0.2) is 9.55 Å². The Morgan fingerprint density at radius 1 is 1.03 bits per heavy atom. The minimum Gasteiger partial charge on any atom is -0.473 e. The quantitative estimate of drug-likeness (QED) is 0.333. The van der Waals surface area contributed by atoms with Crippen LogP contribution in [0.15, 0.2) is 77.6 Å². The highest BCUT2D eigenvalue weighted by Crippen LogP contribution is 2.25. The molecular weight excluding hydrogens is 415 g/mol. The van der Waals surface area contributed by atoms with E-state index >= 15 is 0 Å². The molecule has 1 atom stereocenters. The molecule has 3 aromatic heterocycles. The topological polar surface area (TPSA) is 119 Å². The van der Waals surface area contributed by atoms with Gasteiger partial charge in [0.2, 0.25) is 5.88 Å². The van der Waals surface area contributed by atoms with Crippen LogP contribution in [0.3, 0.4) is 0 Å². The van der Waals surface area contributed by atoms with Crippen LogP contribution in [0.1, 0.15) is 16.8 Å². The lowest BCUT2D eigenvalue weighted by Gasteiger charge is -2.05. The van der Waals surface area contributed by atoms with E-state index in [-0.39, 0.29) is 5.48 Å². The highest BCUT2D eigenvalue weighted by atomic mass is 31.0. The lowest BCUT2D eigenvalue weighted by Crippen LogP contribution is -2.37. The Morgan fingerprint density at radius 2 is 1.84 bits per heavy atom. The van der Waals surface area contributed by atoms with Crippen LogP contribution in [0.2, 0.25) is 0 Å². The molecule has 160 valence electrons. The Hall–Kier alpha value is -3.32. The fourth-order valence-electron chi connectivity index (χ4n) is 3.04. The van der Waals surface area contributed by atoms with E-state index < -0.39 is 0 Å². The minimum absolute atomic E-state index is 0. The van der Waals surface area contributed by atoms with Crippen molar-refractivity contribution in [2.24, 2.45) is 0 Å². The first-order valence-electron chi connectivity index (χ1n) is 9.40. The lowest BCUT2D eigenvalue weighted by molar-refractivity contribution is -0.710. The van der Waals surface area contributed by atoms with Gasteiger partial charge in [0.15, 0.2) is 12.5 Å². The van der Waals surface area contributed by atoms with Gasteiger partial charge in [-0.1, -0.05) is 35.5 Å². The zero-order valence-electron chi connectivity index (χ0n) is 16.8. The maximum atomic E-state index is 6.22. The summed E-state index contributed by atoms with van der Waals surface area (Å²) >= 11 is 0. The molecule has 31 heavy (non-hydrogen) atoms. The van der Waals surface area contributed by atoms with Crippen LogP contribution < -0.4 is 15.0 Å². The molecule has 0 aliphatic heterocycles. The summed E-state index contributed by atoms with van der Waals surface area (Å²) in [6, 6.07) is 19.5. The first-order valence-corrected chi connectivity index (χ1v) is 9.87. The van der Waals surface area contributed by atoms with E-state index in [1.165, 1.54) is 0 Å². The molecule has 0 amide bonds. The highest BCUT2D eigenvalue weighted by Gasteiger charge is 2.17. The molecule has 0 aliphatic rings. The van der Waals surface area contributed by atoms with Crippen molar-refractivity contribution in [2.45, 2.75) is 19.8 Å². The molecule has 1 unspecified atom stereocenters. The molecule has 4 N–H and O–H groups in total. The molecular formula is C22H24N4O4P+. The summed E-state index contributed by atoms with van der Waals surface area (Å²) in [5.41, 5.74) is 10.0. The summed E-state index contributed by atoms with van der Waals surface area (Å²) < 4.78 is 18.1. The van der Waals surface area contributed by atoms with Crippen LogP contribution in [0.4, 0.5) is 5.82 Å². The fraction of sp³-hybridized carbons (Fsp3) is 0.136. The van der Waals surface area contributed by atoms with Gasteiger partial charge in [0.1, 0.15) is 12.2 Å². The van der Waals surface area contributed by atoms with Crippen molar-refractivity contribution >= 4 is 15.3 Å². The molecule has 4 aromatic rings. The van der Waals surface area contributed by atoms with Crippen LogP contribution in [0.25, 0.3) is 11.3 Å². The third-order valence-electron chi connectivity index (χ3n) is 4.59. The summed E-state index contributed by atoms with van der Waals surface area (Å²) in [6.45, 7) is 0.806. The zero-order chi connectivity index (χ0) is 20.8. The number of hydrogen-bond donors (Lipinski definition) is 1. The molecule has 0 bridgehead atoms. The van der Waals surface area contributed by atoms with Gasteiger partial charge in [-0.15, -0.1) is 0 Å². The predicted octanol–water partition coefficient (Wildman–Crippen LogP) is 2.72. The van der Waals surface area contributed by atoms with Crippen molar-refractivity contribution in [3.63, 3.8) is 0 Å². The monoisotopic (exact) mass is 439 g/mol. The standard InChI is InChI=1S/C22H21N4O3P.H2O/c23-22-19(4-3-11-26(22)15-28-30)20-13-18(25-29-20)12-16-6-8-17(9-7-16)14-27-21-5-1-2-10-24-21;/h1-11,13,23H,12,14-15,30H2;1H2/p+1. The first-order chi connectivity index (χ1) is 14.7. The van der Waals surface area contributed by atoms with Crippen LogP contribution in [0, 0.1) is 0 Å². The smallest absolute Gasteiger partial charge is 0.285 e. The van der Waals surface area contributed by atoms with E-state index in [2.05, 4.69) is 31.7 Å². The van der Waals surface area contributed by atoms with Gasteiger partial charge >= 0.3 is 0 Å². The number of aromatic nitrogens is 3. The van der Waals surface area contributed by atoms with Gasteiger partial charge < -0.3 is 19.3 Å². The number of pyridine rings is 2. The van der Waals surface area contributed by atoms with Crippen LogP contribution in [-0.4, -0.2) is 15.6 Å². The molecule has 0 fully saturated rings. The molecule has 8 nitrogen and oxygen atoms in total. The Kier molecular flexibility index (Phi) is 7.67. The summed E-state index contributed by atoms with van der Waals surface area (Å²) in [6.07, 6.45) is 4.22. The summed E-state index contributed by atoms with van der Waals surface area (Å²) in [4.78, 5) is 4.16. The van der Waals surface area contributed by atoms with Gasteiger partial charge in [-0.3, -0.25) is 5.73 Å². The van der Waals surface area contributed by atoms with Gasteiger partial charge in [-0.2, -0.15) is 0 Å². The maximum Gasteiger partial charge on any atom is 0.285 e. The summed E-state index contributed by atoms with van der Waals surface area (Å²) in [5, 5.41) is 4.19. The Labute approximate surface area is 182 Å². The van der Waals surface area contributed by atoms with Gasteiger partial charge in [0.05, 0.1) is 11.9 Å². The van der Waals surface area contributed by atoms with Crippen LogP contribution >= 0.6 is 9.47 Å². The van der Waals surface area contributed by atoms with Crippen LogP contribution in [-0.2, 0) is 24.3 Å². The van der Waals surface area contributed by atoms with Crippen molar-refractivity contribution in [3.05, 3.63) is 89.9 Å². The van der Waals surface area contributed by atoms with Crippen molar-refractivity contribution in [2.75, 3.05) is 5.73 Å². The number of nitrogen functional groups attached to an aromatic ring is 1. The van der Waals surface area contributed by atoms with E-state index in [0.717, 1.165) is 22.4 Å². The summed E-state index contributed by atoms with van der Waals surface area (Å²) in [5.74, 6) is 1.79. The lowest BCUT2D eigenvalue weighted by atomic mass is 10.1. The van der Waals surface area contributed by atoms with E-state index in [0.29, 0.717) is 37.2 Å². The molecule has 0 saturated carbocycles. The Balaban J connectivity index is 0.00000272. The van der Waals surface area contributed by atoms with E-state index in [1.807, 2.05) is 54.7 Å². The van der Waals surface area contributed by atoms with Crippen LogP contribution in [0.5, 0.6) is 5.88 Å². The SMILES string of the molecule is Nc1c(-c2cc(Cc3ccc(COc4ccccn4)cc3)no2)ccc[n+]1COP.O. The maximum absolute atomic E-state index is 6.22. The van der Waals surface area contributed by atoms with Crippen molar-refractivity contribution in [1.82, 2.24) is 10.1 Å². The molecule has 9 heteroatoms. The zero-order valence-corrected chi connectivity index (χ0v) is 17.9. The van der Waals surface area contributed by atoms with Crippen molar-refractivity contribution in [3.8, 4) is 17.2 Å². The Bertz CT molecular complexity index is 1100. The third kappa shape index (κ3) is 5.64. The second-order valence-electron chi connectivity index (χ2n) is 6.71. The normalized spacial score (nSPS) is 10.5. The number of ether oxygens (including phenoxy) is 1. The number of nitrogens with two attached hydrogens (primary N) is 1. The number of benzene rings is 1. The molecule has 1 aromatic carbocycles. The molecule has 0 spiro atoms. The molecule has 0 aliphatic carbocycles. The van der Waals surface area contributed by atoms with Crippen molar-refractivity contribution in [1.29, 1.82) is 0 Å². The largest absolute Gasteiger partial charge is 0.473 e. The highest BCUT2D eigenvalue weighted by molar-refractivity contribution is 7.09. The first kappa shape index (κ1) is 22.4. The van der Waals surface area contributed by atoms with Gasteiger partial charge in [0.25, 0.3) is 5.82 Å².